The van der Waals surface area contributed by atoms with E-state index in [0.717, 1.165) is 37.6 Å². The molecule has 0 saturated carbocycles. The van der Waals surface area contributed by atoms with E-state index in [4.69, 9.17) is 4.74 Å². The molecule has 7 heteroatoms. The molecule has 6 nitrogen and oxygen atoms in total. The van der Waals surface area contributed by atoms with Crippen LogP contribution in [0.4, 0.5) is 0 Å². The molecule has 154 valence electrons. The topological polar surface area (TPSA) is 68.5 Å². The highest BCUT2D eigenvalue weighted by atomic mass is 32.1. The summed E-state index contributed by atoms with van der Waals surface area (Å²) in [6, 6.07) is 19.7. The Balaban J connectivity index is 1.39. The zero-order chi connectivity index (χ0) is 21.4. The van der Waals surface area contributed by atoms with Crippen molar-refractivity contribution in [3.8, 4) is 16.3 Å². The van der Waals surface area contributed by atoms with Gasteiger partial charge in [0.15, 0.2) is 0 Å². The molecular weight excluding hydrogens is 408 g/mol. The minimum atomic E-state index is -0.148. The van der Waals surface area contributed by atoms with E-state index in [0.29, 0.717) is 17.9 Å². The number of aryl methyl sites for hydroxylation is 1. The summed E-state index contributed by atoms with van der Waals surface area (Å²) in [4.78, 5) is 18.0. The van der Waals surface area contributed by atoms with Crippen molar-refractivity contribution in [1.29, 1.82) is 0 Å². The molecule has 31 heavy (non-hydrogen) atoms. The number of nitrogens with zero attached hydrogens (tertiary/aromatic N) is 3. The van der Waals surface area contributed by atoms with Gasteiger partial charge in [-0.15, -0.1) is 0 Å². The Morgan fingerprint density at radius 2 is 1.97 bits per heavy atom. The SMILES string of the molecule is COc1cc(C(=O)NCc2cccc3ccccc23)ccc1-c1nn2c(C)ncc2s1. The maximum absolute atomic E-state index is 12.8. The fourth-order valence-corrected chi connectivity index (χ4v) is 4.63. The van der Waals surface area contributed by atoms with Crippen molar-refractivity contribution >= 4 is 32.8 Å². The molecule has 3 aromatic carbocycles. The first-order valence-corrected chi connectivity index (χ1v) is 10.7. The Hall–Kier alpha value is -3.71. The van der Waals surface area contributed by atoms with Gasteiger partial charge in [0.05, 0.1) is 18.9 Å². The summed E-state index contributed by atoms with van der Waals surface area (Å²) < 4.78 is 7.39. The highest BCUT2D eigenvalue weighted by Crippen LogP contribution is 2.34. The number of amides is 1. The highest BCUT2D eigenvalue weighted by Gasteiger charge is 2.16. The summed E-state index contributed by atoms with van der Waals surface area (Å²) in [5, 5.41) is 10.8. The van der Waals surface area contributed by atoms with E-state index in [9.17, 15) is 4.79 Å². The molecule has 2 aromatic heterocycles. The molecule has 0 aliphatic heterocycles. The molecule has 0 atom stereocenters. The van der Waals surface area contributed by atoms with E-state index in [2.05, 4.69) is 33.6 Å². The molecule has 0 spiro atoms. The Kier molecular flexibility index (Phi) is 4.88. The molecule has 0 fully saturated rings. The number of aromatic nitrogens is 3. The van der Waals surface area contributed by atoms with Crippen molar-refractivity contribution in [2.45, 2.75) is 13.5 Å². The second-order valence-corrected chi connectivity index (χ2v) is 8.21. The lowest BCUT2D eigenvalue weighted by Crippen LogP contribution is -2.23. The largest absolute Gasteiger partial charge is 0.496 e. The highest BCUT2D eigenvalue weighted by molar-refractivity contribution is 7.20. The zero-order valence-electron chi connectivity index (χ0n) is 17.1. The van der Waals surface area contributed by atoms with E-state index in [1.54, 1.807) is 25.4 Å². The third kappa shape index (κ3) is 3.53. The van der Waals surface area contributed by atoms with Crippen molar-refractivity contribution in [3.05, 3.63) is 83.8 Å². The number of hydrogen-bond acceptors (Lipinski definition) is 5. The number of benzene rings is 3. The second-order valence-electron chi connectivity index (χ2n) is 7.20. The molecule has 0 bridgehead atoms. The molecule has 2 heterocycles. The van der Waals surface area contributed by atoms with Gasteiger partial charge in [0.2, 0.25) is 0 Å². The summed E-state index contributed by atoms with van der Waals surface area (Å²) in [5.74, 6) is 1.30. The summed E-state index contributed by atoms with van der Waals surface area (Å²) in [7, 11) is 1.60. The lowest BCUT2D eigenvalue weighted by atomic mass is 10.0. The van der Waals surface area contributed by atoms with Crippen LogP contribution in [-0.2, 0) is 6.54 Å². The standard InChI is InChI=1S/C24H20N4O2S/c1-15-25-14-22-28(15)27-24(31-22)20-11-10-17(12-21(20)30-2)23(29)26-13-18-8-5-7-16-6-3-4-9-19(16)18/h3-12,14H,13H2,1-2H3,(H,26,29). The van der Waals surface area contributed by atoms with Crippen LogP contribution in [0.5, 0.6) is 5.75 Å². The van der Waals surface area contributed by atoms with Gasteiger partial charge in [-0.3, -0.25) is 4.79 Å². The van der Waals surface area contributed by atoms with Crippen molar-refractivity contribution < 1.29 is 9.53 Å². The molecule has 0 unspecified atom stereocenters. The van der Waals surface area contributed by atoms with E-state index in [1.807, 2.05) is 41.8 Å². The van der Waals surface area contributed by atoms with Gasteiger partial charge in [-0.05, 0) is 41.5 Å². The number of fused-ring (bicyclic) bond motifs is 2. The Morgan fingerprint density at radius 3 is 2.81 bits per heavy atom. The van der Waals surface area contributed by atoms with E-state index in [1.165, 1.54) is 11.3 Å². The van der Waals surface area contributed by atoms with Crippen LogP contribution in [0.25, 0.3) is 26.2 Å². The molecule has 1 amide bonds. The fourth-order valence-electron chi connectivity index (χ4n) is 3.66. The van der Waals surface area contributed by atoms with Gasteiger partial charge in [-0.25, -0.2) is 9.50 Å². The smallest absolute Gasteiger partial charge is 0.251 e. The van der Waals surface area contributed by atoms with Gasteiger partial charge in [0.1, 0.15) is 21.4 Å². The van der Waals surface area contributed by atoms with Crippen LogP contribution >= 0.6 is 11.3 Å². The predicted molar refractivity (Wildman–Crippen MR) is 123 cm³/mol. The first kappa shape index (κ1) is 19.3. The minimum absolute atomic E-state index is 0.148. The molecule has 1 N–H and O–H groups in total. The van der Waals surface area contributed by atoms with Crippen LogP contribution in [0.1, 0.15) is 21.7 Å². The third-order valence-corrected chi connectivity index (χ3v) is 6.27. The number of nitrogens with one attached hydrogen (secondary N) is 1. The van der Waals surface area contributed by atoms with Crippen molar-refractivity contribution in [2.75, 3.05) is 7.11 Å². The van der Waals surface area contributed by atoms with Crippen LogP contribution in [0.15, 0.2) is 66.9 Å². The molecule has 0 radical (unpaired) electrons. The van der Waals surface area contributed by atoms with E-state index < -0.39 is 0 Å². The molecule has 5 rings (SSSR count). The van der Waals surface area contributed by atoms with Crippen molar-refractivity contribution in [3.63, 3.8) is 0 Å². The quantitative estimate of drug-likeness (QED) is 0.434. The van der Waals surface area contributed by atoms with Gasteiger partial charge in [-0.2, -0.15) is 5.10 Å². The monoisotopic (exact) mass is 428 g/mol. The Labute approximate surface area is 183 Å². The van der Waals surface area contributed by atoms with Gasteiger partial charge in [0.25, 0.3) is 5.91 Å². The van der Waals surface area contributed by atoms with Gasteiger partial charge in [-0.1, -0.05) is 53.8 Å². The first-order valence-electron chi connectivity index (χ1n) is 9.88. The Morgan fingerprint density at radius 1 is 1.13 bits per heavy atom. The van der Waals surface area contributed by atoms with E-state index in [-0.39, 0.29) is 5.91 Å². The first-order chi connectivity index (χ1) is 15.1. The molecule has 0 saturated heterocycles. The molecule has 5 aromatic rings. The normalized spacial score (nSPS) is 11.2. The van der Waals surface area contributed by atoms with Crippen LogP contribution in [0.2, 0.25) is 0 Å². The average molecular weight is 429 g/mol. The zero-order valence-corrected chi connectivity index (χ0v) is 17.9. The number of carbonyl (C=O) groups is 1. The summed E-state index contributed by atoms with van der Waals surface area (Å²) >= 11 is 1.53. The average Bonchev–Trinajstić information content (AvgIpc) is 3.38. The maximum Gasteiger partial charge on any atom is 0.251 e. The van der Waals surface area contributed by atoms with Crippen molar-refractivity contribution in [1.82, 2.24) is 19.9 Å². The number of carbonyl (C=O) groups excluding carboxylic acids is 1. The lowest BCUT2D eigenvalue weighted by Gasteiger charge is -2.11. The van der Waals surface area contributed by atoms with Crippen molar-refractivity contribution in [2.24, 2.45) is 0 Å². The molecule has 0 aliphatic carbocycles. The van der Waals surface area contributed by atoms with Crippen LogP contribution < -0.4 is 10.1 Å². The number of imidazole rings is 1. The summed E-state index contributed by atoms with van der Waals surface area (Å²) in [5.41, 5.74) is 2.47. The Bertz CT molecular complexity index is 1410. The van der Waals surface area contributed by atoms with Crippen LogP contribution in [0, 0.1) is 6.92 Å². The van der Waals surface area contributed by atoms with Gasteiger partial charge in [0, 0.05) is 12.1 Å². The maximum atomic E-state index is 12.8. The summed E-state index contributed by atoms with van der Waals surface area (Å²) in [6.07, 6.45) is 1.80. The van der Waals surface area contributed by atoms with Gasteiger partial charge < -0.3 is 10.1 Å². The number of hydrogen-bond donors (Lipinski definition) is 1. The van der Waals surface area contributed by atoms with Crippen LogP contribution in [-0.4, -0.2) is 27.6 Å². The third-order valence-electron chi connectivity index (χ3n) is 5.28. The fraction of sp³-hybridized carbons (Fsp3) is 0.125. The summed E-state index contributed by atoms with van der Waals surface area (Å²) in [6.45, 7) is 2.37. The number of rotatable bonds is 5. The number of ether oxygens (including phenoxy) is 1. The van der Waals surface area contributed by atoms with Gasteiger partial charge >= 0.3 is 0 Å². The molecule has 0 aliphatic rings. The minimum Gasteiger partial charge on any atom is -0.496 e. The van der Waals surface area contributed by atoms with E-state index >= 15 is 0 Å². The molecular formula is C24H20N4O2S. The van der Waals surface area contributed by atoms with Crippen LogP contribution in [0.3, 0.4) is 0 Å². The lowest BCUT2D eigenvalue weighted by molar-refractivity contribution is 0.0950. The number of methoxy groups -OCH3 is 1. The predicted octanol–water partition coefficient (Wildman–Crippen LogP) is 4.86. The second kappa shape index (κ2) is 7.85.